The topological polar surface area (TPSA) is 59.0 Å². The number of aliphatic hydroxyl groups is 1. The minimum Gasteiger partial charge on any atom is -0.497 e. The van der Waals surface area contributed by atoms with Crippen molar-refractivity contribution >= 4 is 5.97 Å². The summed E-state index contributed by atoms with van der Waals surface area (Å²) < 4.78 is 11.1. The molecule has 192 valence electrons. The molecule has 5 nitrogen and oxygen atoms in total. The van der Waals surface area contributed by atoms with Crippen LogP contribution in [-0.4, -0.2) is 47.9 Å². The van der Waals surface area contributed by atoms with Crippen molar-refractivity contribution < 1.29 is 19.4 Å². The molecule has 2 aliphatic rings. The molecule has 1 heterocycles. The second-order valence-corrected chi connectivity index (χ2v) is 10.1. The van der Waals surface area contributed by atoms with E-state index in [0.29, 0.717) is 13.0 Å². The number of aliphatic hydroxyl groups excluding tert-OH is 1. The molecule has 1 aliphatic carbocycles. The standard InChI is InChI=1S/C33H31NO4/c1-22(35)38-31-21-34(30(32(31)36)20-23-16-18-25(37-2)19-17-23)33(24-10-4-3-5-11-24)28-14-8-6-12-26(28)27-13-7-9-15-29(27)33/h3-19,30-32,36H,20-21H2,1-2H3/t30-,31-,32+/m1/s1. The number of esters is 1. The fourth-order valence-corrected chi connectivity index (χ4v) is 6.49. The summed E-state index contributed by atoms with van der Waals surface area (Å²) in [5.41, 5.74) is 6.23. The molecule has 1 fully saturated rings. The molecule has 6 rings (SSSR count). The van der Waals surface area contributed by atoms with Crippen molar-refractivity contribution in [2.75, 3.05) is 13.7 Å². The Kier molecular flexibility index (Phi) is 6.26. The van der Waals surface area contributed by atoms with Crippen LogP contribution in [0.25, 0.3) is 11.1 Å². The van der Waals surface area contributed by atoms with Crippen molar-refractivity contribution in [2.45, 2.75) is 37.1 Å². The zero-order valence-corrected chi connectivity index (χ0v) is 21.6. The lowest BCUT2D eigenvalue weighted by atomic mass is 9.78. The molecule has 1 N–H and O–H groups in total. The molecule has 0 unspecified atom stereocenters. The number of hydrogen-bond donors (Lipinski definition) is 1. The third-order valence-electron chi connectivity index (χ3n) is 8.02. The van der Waals surface area contributed by atoms with Gasteiger partial charge in [-0.25, -0.2) is 0 Å². The highest BCUT2D eigenvalue weighted by atomic mass is 16.6. The predicted octanol–water partition coefficient (Wildman–Crippen LogP) is 5.19. The maximum atomic E-state index is 12.1. The van der Waals surface area contributed by atoms with E-state index in [9.17, 15) is 9.90 Å². The molecule has 1 aliphatic heterocycles. The van der Waals surface area contributed by atoms with Gasteiger partial charge in [0.05, 0.1) is 12.6 Å². The summed E-state index contributed by atoms with van der Waals surface area (Å²) >= 11 is 0. The van der Waals surface area contributed by atoms with Gasteiger partial charge in [-0.1, -0.05) is 91.0 Å². The Bertz CT molecular complexity index is 1400. The van der Waals surface area contributed by atoms with Gasteiger partial charge in [0.2, 0.25) is 0 Å². The largest absolute Gasteiger partial charge is 0.497 e. The second kappa shape index (κ2) is 9.75. The number of rotatable bonds is 6. The smallest absolute Gasteiger partial charge is 0.303 e. The molecule has 0 aromatic heterocycles. The Morgan fingerprint density at radius 1 is 0.868 bits per heavy atom. The number of hydrogen-bond acceptors (Lipinski definition) is 5. The van der Waals surface area contributed by atoms with Gasteiger partial charge in [-0.15, -0.1) is 0 Å². The van der Waals surface area contributed by atoms with Crippen LogP contribution in [0.5, 0.6) is 5.75 Å². The first-order chi connectivity index (χ1) is 18.5. The van der Waals surface area contributed by atoms with Crippen LogP contribution in [0.3, 0.4) is 0 Å². The first kappa shape index (κ1) is 24.4. The van der Waals surface area contributed by atoms with Crippen LogP contribution < -0.4 is 4.74 Å². The van der Waals surface area contributed by atoms with Crippen LogP contribution in [0.2, 0.25) is 0 Å². The Labute approximate surface area is 223 Å². The van der Waals surface area contributed by atoms with Crippen LogP contribution in [0, 0.1) is 0 Å². The third-order valence-corrected chi connectivity index (χ3v) is 8.02. The summed E-state index contributed by atoms with van der Waals surface area (Å²) in [6, 6.07) is 35.2. The Morgan fingerprint density at radius 3 is 2.03 bits per heavy atom. The van der Waals surface area contributed by atoms with E-state index in [0.717, 1.165) is 16.9 Å². The van der Waals surface area contributed by atoms with Crippen LogP contribution >= 0.6 is 0 Å². The number of methoxy groups -OCH3 is 1. The summed E-state index contributed by atoms with van der Waals surface area (Å²) in [5.74, 6) is 0.398. The molecular formula is C33H31NO4. The maximum Gasteiger partial charge on any atom is 0.303 e. The molecule has 1 saturated heterocycles. The van der Waals surface area contributed by atoms with Gasteiger partial charge in [-0.2, -0.15) is 0 Å². The van der Waals surface area contributed by atoms with Crippen molar-refractivity contribution in [3.63, 3.8) is 0 Å². The number of carbonyl (C=O) groups excluding carboxylic acids is 1. The zero-order valence-electron chi connectivity index (χ0n) is 21.6. The number of ether oxygens (including phenoxy) is 2. The summed E-state index contributed by atoms with van der Waals surface area (Å²) in [5, 5.41) is 11.7. The molecule has 0 bridgehead atoms. The van der Waals surface area contributed by atoms with E-state index in [4.69, 9.17) is 9.47 Å². The highest BCUT2D eigenvalue weighted by Gasteiger charge is 2.56. The van der Waals surface area contributed by atoms with Gasteiger partial charge in [0, 0.05) is 19.5 Å². The Hall–Kier alpha value is -3.93. The molecule has 0 saturated carbocycles. The molecule has 0 amide bonds. The number of likely N-dealkylation sites (tertiary alicyclic amines) is 1. The molecular weight excluding hydrogens is 474 g/mol. The van der Waals surface area contributed by atoms with E-state index in [1.54, 1.807) is 7.11 Å². The fraction of sp³-hybridized carbons (Fsp3) is 0.242. The van der Waals surface area contributed by atoms with Crippen LogP contribution in [-0.2, 0) is 21.5 Å². The summed E-state index contributed by atoms with van der Waals surface area (Å²) in [7, 11) is 1.65. The van der Waals surface area contributed by atoms with Crippen molar-refractivity contribution in [1.82, 2.24) is 4.90 Å². The lowest BCUT2D eigenvalue weighted by Gasteiger charge is -2.45. The van der Waals surface area contributed by atoms with Gasteiger partial charge in [0.1, 0.15) is 18.0 Å². The van der Waals surface area contributed by atoms with Crippen molar-refractivity contribution in [3.8, 4) is 16.9 Å². The van der Waals surface area contributed by atoms with Gasteiger partial charge in [0.15, 0.2) is 0 Å². The average Bonchev–Trinajstić information content (AvgIpc) is 3.42. The lowest BCUT2D eigenvalue weighted by molar-refractivity contribution is -0.149. The zero-order chi connectivity index (χ0) is 26.3. The van der Waals surface area contributed by atoms with E-state index in [2.05, 4.69) is 77.7 Å². The molecule has 0 spiro atoms. The van der Waals surface area contributed by atoms with Gasteiger partial charge < -0.3 is 14.6 Å². The number of carbonyl (C=O) groups is 1. The van der Waals surface area contributed by atoms with E-state index < -0.39 is 17.7 Å². The third kappa shape index (κ3) is 3.82. The van der Waals surface area contributed by atoms with E-state index in [1.807, 2.05) is 30.3 Å². The summed E-state index contributed by atoms with van der Waals surface area (Å²) in [4.78, 5) is 14.5. The monoisotopic (exact) mass is 505 g/mol. The summed E-state index contributed by atoms with van der Waals surface area (Å²) in [6.07, 6.45) is -0.917. The van der Waals surface area contributed by atoms with Crippen LogP contribution in [0.15, 0.2) is 103 Å². The van der Waals surface area contributed by atoms with Crippen molar-refractivity contribution in [1.29, 1.82) is 0 Å². The molecule has 38 heavy (non-hydrogen) atoms. The maximum absolute atomic E-state index is 12.1. The predicted molar refractivity (Wildman–Crippen MR) is 147 cm³/mol. The highest BCUT2D eigenvalue weighted by molar-refractivity contribution is 5.83. The fourth-order valence-electron chi connectivity index (χ4n) is 6.49. The van der Waals surface area contributed by atoms with E-state index in [1.165, 1.54) is 29.2 Å². The minimum atomic E-state index is -0.860. The first-order valence-electron chi connectivity index (χ1n) is 13.0. The molecule has 4 aromatic rings. The minimum absolute atomic E-state index is 0.313. The molecule has 4 aromatic carbocycles. The molecule has 5 heteroatoms. The van der Waals surface area contributed by atoms with Crippen molar-refractivity contribution in [2.24, 2.45) is 0 Å². The van der Waals surface area contributed by atoms with Gasteiger partial charge in [0.25, 0.3) is 0 Å². The Morgan fingerprint density at radius 2 is 1.45 bits per heavy atom. The second-order valence-electron chi connectivity index (χ2n) is 10.1. The van der Waals surface area contributed by atoms with Gasteiger partial charge >= 0.3 is 5.97 Å². The molecule has 0 radical (unpaired) electrons. The van der Waals surface area contributed by atoms with Crippen molar-refractivity contribution in [3.05, 3.63) is 125 Å². The van der Waals surface area contributed by atoms with Gasteiger partial charge in [-0.05, 0) is 51.9 Å². The SMILES string of the molecule is COc1ccc(C[C@@H]2[C@H](O)[C@H](OC(C)=O)CN2C2(c3ccccc3)c3ccccc3-c3ccccc32)cc1. The van der Waals surface area contributed by atoms with Gasteiger partial charge in [-0.3, -0.25) is 9.69 Å². The Balaban J connectivity index is 1.57. The number of benzene rings is 4. The normalized spacial score (nSPS) is 21.5. The van der Waals surface area contributed by atoms with Crippen LogP contribution in [0.4, 0.5) is 0 Å². The van der Waals surface area contributed by atoms with E-state index >= 15 is 0 Å². The summed E-state index contributed by atoms with van der Waals surface area (Å²) in [6.45, 7) is 1.81. The highest BCUT2D eigenvalue weighted by Crippen LogP contribution is 2.56. The number of fused-ring (bicyclic) bond motifs is 3. The lowest BCUT2D eigenvalue weighted by Crippen LogP contribution is -2.51. The average molecular weight is 506 g/mol. The van der Waals surface area contributed by atoms with Crippen LogP contribution in [0.1, 0.15) is 29.2 Å². The molecule has 3 atom stereocenters. The number of nitrogens with zero attached hydrogens (tertiary/aromatic N) is 1. The quantitative estimate of drug-likeness (QED) is 0.366. The van der Waals surface area contributed by atoms with E-state index in [-0.39, 0.29) is 12.0 Å². The first-order valence-corrected chi connectivity index (χ1v) is 13.0.